The largest absolute Gasteiger partial charge is 0.351 e. The van der Waals surface area contributed by atoms with Crippen LogP contribution in [0.2, 0.25) is 0 Å². The number of rotatable bonds is 5. The van der Waals surface area contributed by atoms with Gasteiger partial charge in [0.2, 0.25) is 5.91 Å². The Labute approximate surface area is 126 Å². The Morgan fingerprint density at radius 1 is 1.35 bits per heavy atom. The van der Waals surface area contributed by atoms with Crippen LogP contribution >= 0.6 is 11.8 Å². The SMILES string of the molecule is CSC(C)C(=O)NC1CCN(C(C)c2ccccc2)C1. The molecule has 3 unspecified atom stereocenters. The van der Waals surface area contributed by atoms with Gasteiger partial charge in [0.05, 0.1) is 5.25 Å². The summed E-state index contributed by atoms with van der Waals surface area (Å²) in [7, 11) is 0. The lowest BCUT2D eigenvalue weighted by molar-refractivity contribution is -0.120. The fraction of sp³-hybridized carbons (Fsp3) is 0.562. The Hall–Kier alpha value is -1.00. The van der Waals surface area contributed by atoms with Gasteiger partial charge in [-0.2, -0.15) is 11.8 Å². The lowest BCUT2D eigenvalue weighted by Gasteiger charge is -2.25. The molecular formula is C16H24N2OS. The smallest absolute Gasteiger partial charge is 0.233 e. The maximum Gasteiger partial charge on any atom is 0.233 e. The Morgan fingerprint density at radius 2 is 2.05 bits per heavy atom. The minimum Gasteiger partial charge on any atom is -0.351 e. The third kappa shape index (κ3) is 3.76. The maximum absolute atomic E-state index is 11.9. The molecule has 1 aromatic carbocycles. The first-order valence-corrected chi connectivity index (χ1v) is 8.52. The van der Waals surface area contributed by atoms with Crippen LogP contribution in [0, 0.1) is 0 Å². The molecule has 0 radical (unpaired) electrons. The molecule has 110 valence electrons. The van der Waals surface area contributed by atoms with Gasteiger partial charge >= 0.3 is 0 Å². The summed E-state index contributed by atoms with van der Waals surface area (Å²) in [5, 5.41) is 3.20. The van der Waals surface area contributed by atoms with Crippen LogP contribution in [0.3, 0.4) is 0 Å². The summed E-state index contributed by atoms with van der Waals surface area (Å²) >= 11 is 1.59. The minimum atomic E-state index is 0.0376. The first kappa shape index (κ1) is 15.4. The Morgan fingerprint density at radius 3 is 2.70 bits per heavy atom. The molecular weight excluding hydrogens is 268 g/mol. The van der Waals surface area contributed by atoms with Gasteiger partial charge in [0.25, 0.3) is 0 Å². The molecule has 0 spiro atoms. The van der Waals surface area contributed by atoms with Crippen molar-refractivity contribution in [3.63, 3.8) is 0 Å². The number of nitrogens with one attached hydrogen (secondary N) is 1. The van der Waals surface area contributed by atoms with Gasteiger partial charge < -0.3 is 5.32 Å². The number of thioether (sulfide) groups is 1. The molecule has 1 amide bonds. The topological polar surface area (TPSA) is 32.3 Å². The summed E-state index contributed by atoms with van der Waals surface area (Å²) in [4.78, 5) is 14.4. The molecule has 1 aliphatic heterocycles. The van der Waals surface area contributed by atoms with Gasteiger partial charge in [-0.15, -0.1) is 0 Å². The molecule has 3 nitrogen and oxygen atoms in total. The van der Waals surface area contributed by atoms with Crippen LogP contribution in [0.1, 0.15) is 31.9 Å². The molecule has 2 rings (SSSR count). The number of carbonyl (C=O) groups is 1. The van der Waals surface area contributed by atoms with Gasteiger partial charge in [-0.25, -0.2) is 0 Å². The molecule has 4 heteroatoms. The number of hydrogen-bond acceptors (Lipinski definition) is 3. The number of hydrogen-bond donors (Lipinski definition) is 1. The molecule has 1 saturated heterocycles. The monoisotopic (exact) mass is 292 g/mol. The first-order chi connectivity index (χ1) is 9.61. The molecule has 20 heavy (non-hydrogen) atoms. The van der Waals surface area contributed by atoms with Crippen molar-refractivity contribution >= 4 is 17.7 Å². The van der Waals surface area contributed by atoms with Gasteiger partial charge in [0, 0.05) is 25.2 Å². The number of benzene rings is 1. The van der Waals surface area contributed by atoms with E-state index in [4.69, 9.17) is 0 Å². The van der Waals surface area contributed by atoms with Gasteiger partial charge in [-0.3, -0.25) is 9.69 Å². The average Bonchev–Trinajstić information content (AvgIpc) is 2.94. The second-order valence-corrected chi connectivity index (χ2v) is 6.63. The number of amides is 1. The van der Waals surface area contributed by atoms with E-state index in [2.05, 4.69) is 41.4 Å². The van der Waals surface area contributed by atoms with Crippen molar-refractivity contribution in [2.45, 2.75) is 37.6 Å². The van der Waals surface area contributed by atoms with E-state index < -0.39 is 0 Å². The van der Waals surface area contributed by atoms with Crippen LogP contribution in [-0.4, -0.2) is 41.4 Å². The summed E-state index contributed by atoms with van der Waals surface area (Å²) in [6.45, 7) is 6.20. The Balaban J connectivity index is 1.88. The highest BCUT2D eigenvalue weighted by Crippen LogP contribution is 2.24. The van der Waals surface area contributed by atoms with E-state index in [0.29, 0.717) is 12.1 Å². The van der Waals surface area contributed by atoms with Crippen molar-refractivity contribution < 1.29 is 4.79 Å². The van der Waals surface area contributed by atoms with Crippen LogP contribution < -0.4 is 5.32 Å². The van der Waals surface area contributed by atoms with E-state index in [9.17, 15) is 4.79 Å². The summed E-state index contributed by atoms with van der Waals surface area (Å²) in [5.41, 5.74) is 1.34. The van der Waals surface area contributed by atoms with E-state index >= 15 is 0 Å². The lowest BCUT2D eigenvalue weighted by Crippen LogP contribution is -2.41. The molecule has 0 saturated carbocycles. The predicted molar refractivity (Wildman–Crippen MR) is 86.0 cm³/mol. The third-order valence-electron chi connectivity index (χ3n) is 4.12. The van der Waals surface area contributed by atoms with Crippen LogP contribution in [-0.2, 0) is 4.79 Å². The summed E-state index contributed by atoms with van der Waals surface area (Å²) in [5.74, 6) is 0.164. The predicted octanol–water partition coefficient (Wildman–Crippen LogP) is 2.69. The molecule has 1 aliphatic rings. The number of nitrogens with zero attached hydrogens (tertiary/aromatic N) is 1. The Kier molecular flexibility index (Phi) is 5.49. The van der Waals surface area contributed by atoms with Crippen LogP contribution in [0.5, 0.6) is 0 Å². The quantitative estimate of drug-likeness (QED) is 0.905. The fourth-order valence-corrected chi connectivity index (χ4v) is 2.91. The van der Waals surface area contributed by atoms with Crippen molar-refractivity contribution in [1.29, 1.82) is 0 Å². The molecule has 0 aromatic heterocycles. The van der Waals surface area contributed by atoms with Crippen LogP contribution in [0.15, 0.2) is 30.3 Å². The van der Waals surface area contributed by atoms with Crippen molar-refractivity contribution in [3.05, 3.63) is 35.9 Å². The zero-order valence-corrected chi connectivity index (χ0v) is 13.3. The highest BCUT2D eigenvalue weighted by Gasteiger charge is 2.28. The molecule has 0 aliphatic carbocycles. The van der Waals surface area contributed by atoms with E-state index in [0.717, 1.165) is 19.5 Å². The van der Waals surface area contributed by atoms with E-state index in [1.165, 1.54) is 5.56 Å². The normalized spacial score (nSPS) is 22.4. The fourth-order valence-electron chi connectivity index (χ4n) is 2.62. The van der Waals surface area contributed by atoms with Crippen molar-refractivity contribution in [2.75, 3.05) is 19.3 Å². The van der Waals surface area contributed by atoms with Gasteiger partial charge in [-0.05, 0) is 32.1 Å². The minimum absolute atomic E-state index is 0.0376. The number of likely N-dealkylation sites (tertiary alicyclic amines) is 1. The van der Waals surface area contributed by atoms with Crippen molar-refractivity contribution in [1.82, 2.24) is 10.2 Å². The van der Waals surface area contributed by atoms with E-state index in [-0.39, 0.29) is 11.2 Å². The standard InChI is InChI=1S/C16H24N2OS/c1-12(14-7-5-4-6-8-14)18-10-9-15(11-18)17-16(19)13(2)20-3/h4-8,12-13,15H,9-11H2,1-3H3,(H,17,19). The number of carbonyl (C=O) groups excluding carboxylic acids is 1. The molecule has 3 atom stereocenters. The molecule has 1 fully saturated rings. The average molecular weight is 292 g/mol. The summed E-state index contributed by atoms with van der Waals surface area (Å²) in [6, 6.07) is 11.3. The van der Waals surface area contributed by atoms with Gasteiger partial charge in [0.15, 0.2) is 0 Å². The van der Waals surface area contributed by atoms with Gasteiger partial charge in [-0.1, -0.05) is 30.3 Å². The van der Waals surface area contributed by atoms with E-state index in [1.54, 1.807) is 11.8 Å². The highest BCUT2D eigenvalue weighted by molar-refractivity contribution is 7.99. The second-order valence-electron chi connectivity index (χ2n) is 5.45. The van der Waals surface area contributed by atoms with Crippen LogP contribution in [0.25, 0.3) is 0 Å². The van der Waals surface area contributed by atoms with E-state index in [1.807, 2.05) is 19.2 Å². The molecule has 1 heterocycles. The van der Waals surface area contributed by atoms with Crippen molar-refractivity contribution in [3.8, 4) is 0 Å². The second kappa shape index (κ2) is 7.14. The van der Waals surface area contributed by atoms with Crippen molar-refractivity contribution in [2.24, 2.45) is 0 Å². The molecule has 0 bridgehead atoms. The molecule has 1 N–H and O–H groups in total. The lowest BCUT2D eigenvalue weighted by atomic mass is 10.1. The third-order valence-corrected chi connectivity index (χ3v) is 5.04. The van der Waals surface area contributed by atoms with Gasteiger partial charge in [0.1, 0.15) is 0 Å². The Bertz CT molecular complexity index is 437. The van der Waals surface area contributed by atoms with Crippen LogP contribution in [0.4, 0.5) is 0 Å². The maximum atomic E-state index is 11.9. The zero-order chi connectivity index (χ0) is 14.5. The highest BCUT2D eigenvalue weighted by atomic mass is 32.2. The summed E-state index contributed by atoms with van der Waals surface area (Å²) < 4.78 is 0. The molecule has 1 aromatic rings. The first-order valence-electron chi connectivity index (χ1n) is 7.24. The summed E-state index contributed by atoms with van der Waals surface area (Å²) in [6.07, 6.45) is 3.02. The zero-order valence-electron chi connectivity index (χ0n) is 12.5.